The Kier molecular flexibility index (Phi) is 8.93. The van der Waals surface area contributed by atoms with E-state index in [0.717, 1.165) is 47.6 Å². The van der Waals surface area contributed by atoms with Gasteiger partial charge in [-0.05, 0) is 79.6 Å². The van der Waals surface area contributed by atoms with Gasteiger partial charge in [0.2, 0.25) is 0 Å². The number of pyridine rings is 2. The first kappa shape index (κ1) is 25.4. The number of rotatable bonds is 11. The number of hydrogen-bond acceptors (Lipinski definition) is 6. The van der Waals surface area contributed by atoms with Crippen LogP contribution in [0.25, 0.3) is 10.9 Å². The third-order valence-electron chi connectivity index (χ3n) is 6.83. The summed E-state index contributed by atoms with van der Waals surface area (Å²) in [5, 5.41) is 10.3. The fourth-order valence-electron chi connectivity index (χ4n) is 4.98. The number of aromatic nitrogens is 2. The second-order valence-corrected chi connectivity index (χ2v) is 10.2. The molecule has 0 unspecified atom stereocenters. The van der Waals surface area contributed by atoms with E-state index < -0.39 is 12.1 Å². The van der Waals surface area contributed by atoms with Crippen LogP contribution in [0.2, 0.25) is 0 Å². The van der Waals surface area contributed by atoms with Crippen LogP contribution >= 0.6 is 11.8 Å². The van der Waals surface area contributed by atoms with Gasteiger partial charge in [-0.25, -0.2) is 4.39 Å². The summed E-state index contributed by atoms with van der Waals surface area (Å²) in [6.45, 7) is 2.57. The molecule has 0 aliphatic carbocycles. The van der Waals surface area contributed by atoms with Gasteiger partial charge in [-0.15, -0.1) is 11.8 Å². The molecule has 1 fully saturated rings. The van der Waals surface area contributed by atoms with E-state index in [2.05, 4.69) is 14.9 Å². The Morgan fingerprint density at radius 3 is 2.94 bits per heavy atom. The molecule has 3 aromatic rings. The summed E-state index contributed by atoms with van der Waals surface area (Å²) in [5.41, 5.74) is 1.36. The maximum atomic E-state index is 15.4. The molecule has 1 aliphatic rings. The Morgan fingerprint density at radius 1 is 1.29 bits per heavy atom. The zero-order chi connectivity index (χ0) is 24.6. The maximum Gasteiger partial charge on any atom is 0.303 e. The fourth-order valence-corrected chi connectivity index (χ4v) is 5.88. The summed E-state index contributed by atoms with van der Waals surface area (Å²) >= 11 is 1.76. The number of carboxylic acid groups (broad SMARTS) is 1. The van der Waals surface area contributed by atoms with E-state index in [1.165, 1.54) is 0 Å². The van der Waals surface area contributed by atoms with Crippen LogP contribution in [0.15, 0.2) is 59.9 Å². The fraction of sp³-hybridized carbons (Fsp3) is 0.444. The predicted octanol–water partition coefficient (Wildman–Crippen LogP) is 5.63. The van der Waals surface area contributed by atoms with Crippen LogP contribution in [0.5, 0.6) is 5.75 Å². The van der Waals surface area contributed by atoms with Gasteiger partial charge in [-0.1, -0.05) is 0 Å². The van der Waals surface area contributed by atoms with Gasteiger partial charge in [0.15, 0.2) is 0 Å². The molecular weight excluding hydrogens is 465 g/mol. The van der Waals surface area contributed by atoms with Crippen LogP contribution in [-0.2, 0) is 4.79 Å². The van der Waals surface area contributed by atoms with Crippen molar-refractivity contribution < 1.29 is 19.0 Å². The zero-order valence-corrected chi connectivity index (χ0v) is 20.8. The van der Waals surface area contributed by atoms with E-state index in [9.17, 15) is 9.90 Å². The van der Waals surface area contributed by atoms with Crippen LogP contribution in [0.1, 0.15) is 37.4 Å². The van der Waals surface area contributed by atoms with Crippen molar-refractivity contribution in [1.29, 1.82) is 0 Å². The Labute approximate surface area is 209 Å². The quantitative estimate of drug-likeness (QED) is 0.344. The number of aliphatic carboxylic acids is 1. The molecule has 6 nitrogen and oxygen atoms in total. The smallest absolute Gasteiger partial charge is 0.303 e. The van der Waals surface area contributed by atoms with Crippen molar-refractivity contribution in [3.8, 4) is 5.75 Å². The number of ether oxygens (including phenoxy) is 1. The number of fused-ring (bicyclic) bond motifs is 1. The first-order chi connectivity index (χ1) is 17.0. The highest BCUT2D eigenvalue weighted by atomic mass is 32.2. The molecule has 1 aliphatic heterocycles. The van der Waals surface area contributed by atoms with Gasteiger partial charge >= 0.3 is 5.97 Å². The third kappa shape index (κ3) is 6.92. The highest BCUT2D eigenvalue weighted by molar-refractivity contribution is 7.99. The van der Waals surface area contributed by atoms with Crippen molar-refractivity contribution in [3.63, 3.8) is 0 Å². The van der Waals surface area contributed by atoms with Gasteiger partial charge in [0.05, 0.1) is 12.6 Å². The summed E-state index contributed by atoms with van der Waals surface area (Å²) < 4.78 is 20.8. The molecular formula is C27H32FN3O3S. The van der Waals surface area contributed by atoms with Crippen LogP contribution < -0.4 is 4.74 Å². The highest BCUT2D eigenvalue weighted by Gasteiger charge is 2.31. The highest BCUT2D eigenvalue weighted by Crippen LogP contribution is 2.36. The van der Waals surface area contributed by atoms with Gasteiger partial charge in [-0.3, -0.25) is 14.8 Å². The van der Waals surface area contributed by atoms with Crippen LogP contribution in [-0.4, -0.2) is 58.4 Å². The third-order valence-corrected chi connectivity index (χ3v) is 7.80. The average molecular weight is 498 g/mol. The minimum Gasteiger partial charge on any atom is -0.497 e. The van der Waals surface area contributed by atoms with E-state index >= 15 is 4.39 Å². The number of piperidine rings is 1. The number of halogens is 1. The minimum absolute atomic E-state index is 0.0334. The van der Waals surface area contributed by atoms with Crippen molar-refractivity contribution in [2.45, 2.75) is 36.8 Å². The molecule has 0 spiro atoms. The lowest BCUT2D eigenvalue weighted by molar-refractivity contribution is -0.139. The maximum absolute atomic E-state index is 15.4. The molecule has 1 saturated heterocycles. The number of alkyl halides is 1. The molecule has 0 saturated carbocycles. The van der Waals surface area contributed by atoms with Crippen LogP contribution in [0, 0.1) is 11.8 Å². The Hall–Kier alpha value is -2.71. The molecule has 1 aromatic carbocycles. The summed E-state index contributed by atoms with van der Waals surface area (Å²) in [5.74, 6) is 1.06. The SMILES string of the molecule is COc1ccc2nccc([C@H](F)CC[C@@H]3CCN(CCSc4cccnc4)C[C@@H]3CC(=O)O)c2c1. The lowest BCUT2D eigenvalue weighted by Crippen LogP contribution is -2.42. The van der Waals surface area contributed by atoms with Crippen molar-refractivity contribution in [2.75, 3.05) is 32.5 Å². The first-order valence-electron chi connectivity index (χ1n) is 12.1. The molecule has 186 valence electrons. The topological polar surface area (TPSA) is 75.5 Å². The number of nitrogens with zero attached hydrogens (tertiary/aromatic N) is 3. The number of benzene rings is 1. The second-order valence-electron chi connectivity index (χ2n) is 9.07. The summed E-state index contributed by atoms with van der Waals surface area (Å²) in [6.07, 6.45) is 6.20. The number of carboxylic acids is 1. The molecule has 8 heteroatoms. The van der Waals surface area contributed by atoms with Gasteiger partial charge in [-0.2, -0.15) is 0 Å². The Bertz CT molecular complexity index is 1120. The molecule has 0 bridgehead atoms. The van der Waals surface area contributed by atoms with Crippen molar-refractivity contribution >= 4 is 28.6 Å². The minimum atomic E-state index is -1.13. The first-order valence-corrected chi connectivity index (χ1v) is 13.1. The Morgan fingerprint density at radius 2 is 2.17 bits per heavy atom. The van der Waals surface area contributed by atoms with Crippen molar-refractivity contribution in [3.05, 3.63) is 60.6 Å². The monoisotopic (exact) mass is 497 g/mol. The van der Waals surface area contributed by atoms with E-state index in [4.69, 9.17) is 4.74 Å². The lowest BCUT2D eigenvalue weighted by Gasteiger charge is -2.38. The average Bonchev–Trinajstić information content (AvgIpc) is 2.87. The molecule has 0 amide bonds. The van der Waals surface area contributed by atoms with E-state index in [0.29, 0.717) is 24.2 Å². The summed E-state index contributed by atoms with van der Waals surface area (Å²) in [6, 6.07) is 11.2. The zero-order valence-electron chi connectivity index (χ0n) is 20.0. The Balaban J connectivity index is 1.35. The summed E-state index contributed by atoms with van der Waals surface area (Å²) in [4.78, 5) is 23.5. The van der Waals surface area contributed by atoms with Gasteiger partial charge in [0.25, 0.3) is 0 Å². The van der Waals surface area contributed by atoms with Gasteiger partial charge in [0.1, 0.15) is 11.9 Å². The molecule has 3 atom stereocenters. The number of hydrogen-bond donors (Lipinski definition) is 1. The summed E-state index contributed by atoms with van der Waals surface area (Å²) in [7, 11) is 1.59. The molecule has 2 aromatic heterocycles. The van der Waals surface area contributed by atoms with Gasteiger partial charge in [0, 0.05) is 54.1 Å². The van der Waals surface area contributed by atoms with E-state index in [1.807, 2.05) is 36.5 Å². The number of likely N-dealkylation sites (tertiary alicyclic amines) is 1. The number of carbonyl (C=O) groups is 1. The molecule has 3 heterocycles. The second kappa shape index (κ2) is 12.3. The van der Waals surface area contributed by atoms with Crippen LogP contribution in [0.4, 0.5) is 4.39 Å². The lowest BCUT2D eigenvalue weighted by atomic mass is 9.79. The molecule has 0 radical (unpaired) electrons. The van der Waals surface area contributed by atoms with Crippen LogP contribution in [0.3, 0.4) is 0 Å². The number of thioether (sulfide) groups is 1. The van der Waals surface area contributed by atoms with E-state index in [1.54, 1.807) is 37.3 Å². The van der Waals surface area contributed by atoms with Crippen molar-refractivity contribution in [2.24, 2.45) is 11.8 Å². The predicted molar refractivity (Wildman–Crippen MR) is 137 cm³/mol. The molecule has 4 rings (SSSR count). The largest absolute Gasteiger partial charge is 0.497 e. The normalized spacial score (nSPS) is 19.5. The van der Waals surface area contributed by atoms with E-state index in [-0.39, 0.29) is 18.3 Å². The molecule has 35 heavy (non-hydrogen) atoms. The number of methoxy groups -OCH3 is 1. The molecule has 1 N–H and O–H groups in total. The van der Waals surface area contributed by atoms with Crippen molar-refractivity contribution in [1.82, 2.24) is 14.9 Å². The van der Waals surface area contributed by atoms with Gasteiger partial charge < -0.3 is 14.7 Å². The standard InChI is InChI=1S/C27H32FN3O3S/c1-34-21-5-7-26-24(16-21)23(8-11-30-26)25(28)6-4-19-9-12-31(18-20(19)15-27(32)33)13-14-35-22-3-2-10-29-17-22/h2-3,5,7-8,10-11,16-17,19-20,25H,4,6,9,12-15,18H2,1H3,(H,32,33)/t19-,20+,25-/m1/s1.